The van der Waals surface area contributed by atoms with Gasteiger partial charge in [-0.05, 0) is 12.1 Å². The molecule has 0 unspecified atom stereocenters. The maximum absolute atomic E-state index is 4.71. The van der Waals surface area contributed by atoms with Crippen LogP contribution in [0.25, 0.3) is 11.3 Å². The molecule has 0 amide bonds. The molecule has 0 fully saturated rings. The van der Waals surface area contributed by atoms with Crippen molar-refractivity contribution < 1.29 is 0 Å². The van der Waals surface area contributed by atoms with Gasteiger partial charge in [0.1, 0.15) is 18.0 Å². The summed E-state index contributed by atoms with van der Waals surface area (Å²) in [6, 6.07) is 10.2. The van der Waals surface area contributed by atoms with E-state index in [4.69, 9.17) is 4.98 Å². The molecule has 1 N–H and O–H groups in total. The molecule has 0 saturated carbocycles. The lowest BCUT2D eigenvalue weighted by Crippen LogP contribution is -2.11. The summed E-state index contributed by atoms with van der Waals surface area (Å²) in [6.45, 7) is 1.04. The van der Waals surface area contributed by atoms with E-state index < -0.39 is 0 Å². The minimum atomic E-state index is 0.772. The number of anilines is 3. The average molecular weight is 338 g/mol. The van der Waals surface area contributed by atoms with E-state index in [0.29, 0.717) is 0 Å². The number of rotatable bonds is 4. The fourth-order valence-corrected chi connectivity index (χ4v) is 3.56. The molecule has 1 aliphatic rings. The molecule has 0 aliphatic carbocycles. The first-order valence-electron chi connectivity index (χ1n) is 7.76. The van der Waals surface area contributed by atoms with Gasteiger partial charge in [-0.3, -0.25) is 0 Å². The molecular weight excluding hydrogens is 320 g/mol. The molecule has 122 valence electrons. The van der Waals surface area contributed by atoms with Crippen molar-refractivity contribution >= 4 is 29.1 Å². The maximum Gasteiger partial charge on any atom is 0.168 e. The summed E-state index contributed by atoms with van der Waals surface area (Å²) in [7, 11) is 3.92. The normalized spacial score (nSPS) is 12.9. The second kappa shape index (κ2) is 6.16. The van der Waals surface area contributed by atoms with Crippen LogP contribution >= 0.6 is 11.8 Å². The van der Waals surface area contributed by atoms with Crippen LogP contribution in [0.1, 0.15) is 0 Å². The molecule has 0 bridgehead atoms. The van der Waals surface area contributed by atoms with Crippen molar-refractivity contribution in [2.75, 3.05) is 30.1 Å². The fraction of sp³-hybridized carbons (Fsp3) is 0.235. The molecule has 0 atom stereocenters. The van der Waals surface area contributed by atoms with E-state index in [0.717, 1.165) is 46.0 Å². The van der Waals surface area contributed by atoms with Crippen LogP contribution in [0.2, 0.25) is 0 Å². The smallest absolute Gasteiger partial charge is 0.168 e. The zero-order valence-corrected chi connectivity index (χ0v) is 14.4. The highest BCUT2D eigenvalue weighted by atomic mass is 32.2. The molecule has 1 aromatic carbocycles. The van der Waals surface area contributed by atoms with E-state index in [2.05, 4.69) is 38.2 Å². The molecule has 0 spiro atoms. The van der Waals surface area contributed by atoms with E-state index in [1.165, 1.54) is 0 Å². The number of nitrogens with zero attached hydrogens (tertiary/aromatic N) is 5. The lowest BCUT2D eigenvalue weighted by atomic mass is 10.1. The Balaban J connectivity index is 1.59. The third kappa shape index (κ3) is 2.94. The van der Waals surface area contributed by atoms with Crippen LogP contribution in [0.3, 0.4) is 0 Å². The van der Waals surface area contributed by atoms with Crippen molar-refractivity contribution in [3.05, 3.63) is 42.9 Å². The summed E-state index contributed by atoms with van der Waals surface area (Å²) in [5, 5.41) is 4.45. The van der Waals surface area contributed by atoms with Gasteiger partial charge in [-0.25, -0.2) is 15.0 Å². The number of imidazole rings is 1. The van der Waals surface area contributed by atoms with Gasteiger partial charge in [0, 0.05) is 49.9 Å². The van der Waals surface area contributed by atoms with Crippen molar-refractivity contribution in [2.45, 2.75) is 11.7 Å². The van der Waals surface area contributed by atoms with Gasteiger partial charge >= 0.3 is 0 Å². The first-order chi connectivity index (χ1) is 11.7. The van der Waals surface area contributed by atoms with E-state index >= 15 is 0 Å². The highest BCUT2D eigenvalue weighted by Crippen LogP contribution is 2.30. The van der Waals surface area contributed by atoms with Crippen LogP contribution in [0, 0.1) is 0 Å². The number of hydrogen-bond acceptors (Lipinski definition) is 6. The van der Waals surface area contributed by atoms with E-state index in [1.807, 2.05) is 49.0 Å². The van der Waals surface area contributed by atoms with Crippen molar-refractivity contribution in [3.63, 3.8) is 0 Å². The minimum Gasteiger partial charge on any atom is -0.363 e. The van der Waals surface area contributed by atoms with Crippen molar-refractivity contribution in [2.24, 2.45) is 0 Å². The molecule has 0 radical (unpaired) electrons. The summed E-state index contributed by atoms with van der Waals surface area (Å²) in [5.74, 6) is 2.76. The van der Waals surface area contributed by atoms with Gasteiger partial charge < -0.3 is 14.8 Å². The predicted octanol–water partition coefficient (Wildman–Crippen LogP) is 3.26. The summed E-state index contributed by atoms with van der Waals surface area (Å²) in [6.07, 6.45) is 3.70. The third-order valence-electron chi connectivity index (χ3n) is 3.84. The zero-order valence-electron chi connectivity index (χ0n) is 13.6. The van der Waals surface area contributed by atoms with E-state index in [1.54, 1.807) is 6.33 Å². The quantitative estimate of drug-likeness (QED) is 0.788. The van der Waals surface area contributed by atoms with Crippen LogP contribution in [-0.4, -0.2) is 39.4 Å². The molecule has 2 aromatic heterocycles. The van der Waals surface area contributed by atoms with Gasteiger partial charge in [-0.1, -0.05) is 23.9 Å². The number of aromatic nitrogens is 4. The van der Waals surface area contributed by atoms with Gasteiger partial charge in [0.05, 0.1) is 5.69 Å². The highest BCUT2D eigenvalue weighted by Gasteiger charge is 2.15. The number of aryl methyl sites for hydroxylation is 1. The molecule has 24 heavy (non-hydrogen) atoms. The molecule has 4 rings (SSSR count). The topological polar surface area (TPSA) is 58.9 Å². The zero-order chi connectivity index (χ0) is 16.5. The summed E-state index contributed by atoms with van der Waals surface area (Å²) in [4.78, 5) is 15.2. The summed E-state index contributed by atoms with van der Waals surface area (Å²) < 4.78 is 2.22. The Labute approximate surface area is 145 Å². The second-order valence-corrected chi connectivity index (χ2v) is 6.87. The fourth-order valence-electron chi connectivity index (χ4n) is 2.61. The molecule has 7 heteroatoms. The molecular formula is C17H18N6S. The highest BCUT2D eigenvalue weighted by molar-refractivity contribution is 7.99. The Kier molecular flexibility index (Phi) is 3.86. The number of nitrogens with one attached hydrogen (secondary N) is 1. The van der Waals surface area contributed by atoms with Crippen LogP contribution in [0.15, 0.2) is 48.0 Å². The van der Waals surface area contributed by atoms with Crippen molar-refractivity contribution in [3.8, 4) is 11.3 Å². The lowest BCUT2D eigenvalue weighted by molar-refractivity contribution is 0.719. The molecule has 0 saturated heterocycles. The first-order valence-corrected chi connectivity index (χ1v) is 8.74. The Morgan fingerprint density at radius 2 is 2.12 bits per heavy atom. The molecule has 6 nitrogen and oxygen atoms in total. The van der Waals surface area contributed by atoms with Crippen LogP contribution in [0.5, 0.6) is 0 Å². The number of thioether (sulfide) groups is 1. The van der Waals surface area contributed by atoms with E-state index in [9.17, 15) is 0 Å². The van der Waals surface area contributed by atoms with Gasteiger partial charge in [-0.2, -0.15) is 0 Å². The van der Waals surface area contributed by atoms with E-state index in [-0.39, 0.29) is 0 Å². The van der Waals surface area contributed by atoms with Crippen LogP contribution < -0.4 is 10.2 Å². The van der Waals surface area contributed by atoms with Crippen molar-refractivity contribution in [1.82, 2.24) is 19.5 Å². The SMILES string of the molecule is CN(C)c1cc(Nc2cccc(-c3cn4c(n3)SCC4)c2)ncn1. The molecule has 3 aromatic rings. The summed E-state index contributed by atoms with van der Waals surface area (Å²) in [5.41, 5.74) is 3.10. The monoisotopic (exact) mass is 338 g/mol. The van der Waals surface area contributed by atoms with Gasteiger partial charge in [0.15, 0.2) is 5.16 Å². The maximum atomic E-state index is 4.71. The lowest BCUT2D eigenvalue weighted by Gasteiger charge is -2.12. The van der Waals surface area contributed by atoms with Crippen LogP contribution in [-0.2, 0) is 6.54 Å². The van der Waals surface area contributed by atoms with Gasteiger partial charge in [-0.15, -0.1) is 0 Å². The second-order valence-electron chi connectivity index (χ2n) is 5.81. The average Bonchev–Trinajstić information content (AvgIpc) is 3.17. The van der Waals surface area contributed by atoms with Crippen LogP contribution in [0.4, 0.5) is 17.3 Å². The Hall–Kier alpha value is -2.54. The molecule has 1 aliphatic heterocycles. The number of benzene rings is 1. The predicted molar refractivity (Wildman–Crippen MR) is 98.0 cm³/mol. The Morgan fingerprint density at radius 3 is 2.96 bits per heavy atom. The minimum absolute atomic E-state index is 0.772. The number of fused-ring (bicyclic) bond motifs is 1. The van der Waals surface area contributed by atoms with Crippen molar-refractivity contribution in [1.29, 1.82) is 0 Å². The summed E-state index contributed by atoms with van der Waals surface area (Å²) >= 11 is 1.81. The Bertz CT molecular complexity index is 852. The first kappa shape index (κ1) is 15.0. The largest absolute Gasteiger partial charge is 0.363 e. The number of hydrogen-bond donors (Lipinski definition) is 1. The third-order valence-corrected chi connectivity index (χ3v) is 4.82. The standard InChI is InChI=1S/C17H18N6S/c1-22(2)16-9-15(18-11-19-16)20-13-5-3-4-12(8-13)14-10-23-6-7-24-17(23)21-14/h3-5,8-11H,6-7H2,1-2H3,(H,18,19,20). The van der Waals surface area contributed by atoms with Gasteiger partial charge in [0.2, 0.25) is 0 Å². The Morgan fingerprint density at radius 1 is 1.21 bits per heavy atom. The molecule has 3 heterocycles. The van der Waals surface area contributed by atoms with Gasteiger partial charge in [0.25, 0.3) is 0 Å².